The van der Waals surface area contributed by atoms with Gasteiger partial charge >= 0.3 is 0 Å². The maximum atomic E-state index is 12.9. The SMILES string of the molecule is CN(c1ccncc1)c1ncccc1C(=O)Nc1cc2ccccc2cn1. The minimum absolute atomic E-state index is 0.262. The zero-order chi connectivity index (χ0) is 18.6. The molecule has 3 heterocycles. The lowest BCUT2D eigenvalue weighted by molar-refractivity contribution is 0.102. The van der Waals surface area contributed by atoms with Crippen LogP contribution in [-0.2, 0) is 0 Å². The number of carbonyl (C=O) groups excluding carboxylic acids is 1. The first kappa shape index (κ1) is 16.7. The number of nitrogens with zero attached hydrogens (tertiary/aromatic N) is 4. The highest BCUT2D eigenvalue weighted by atomic mass is 16.1. The van der Waals surface area contributed by atoms with Gasteiger partial charge in [-0.05, 0) is 35.7 Å². The zero-order valence-corrected chi connectivity index (χ0v) is 14.7. The van der Waals surface area contributed by atoms with Crippen LogP contribution in [-0.4, -0.2) is 27.9 Å². The van der Waals surface area contributed by atoms with Crippen LogP contribution in [0.5, 0.6) is 0 Å². The van der Waals surface area contributed by atoms with Crippen molar-refractivity contribution in [1.29, 1.82) is 0 Å². The van der Waals surface area contributed by atoms with Gasteiger partial charge in [0.05, 0.1) is 5.56 Å². The molecule has 6 nitrogen and oxygen atoms in total. The maximum absolute atomic E-state index is 12.9. The summed E-state index contributed by atoms with van der Waals surface area (Å²) in [6.07, 6.45) is 6.82. The number of amides is 1. The fourth-order valence-electron chi connectivity index (χ4n) is 2.87. The van der Waals surface area contributed by atoms with Gasteiger partial charge in [0.25, 0.3) is 5.91 Å². The molecular formula is C21H17N5O. The van der Waals surface area contributed by atoms with Gasteiger partial charge in [0.2, 0.25) is 0 Å². The smallest absolute Gasteiger partial charge is 0.260 e. The van der Waals surface area contributed by atoms with E-state index in [-0.39, 0.29) is 5.91 Å². The lowest BCUT2D eigenvalue weighted by Gasteiger charge is -2.20. The summed E-state index contributed by atoms with van der Waals surface area (Å²) in [6.45, 7) is 0. The maximum Gasteiger partial charge on any atom is 0.260 e. The van der Waals surface area contributed by atoms with Gasteiger partial charge in [0.1, 0.15) is 11.6 Å². The van der Waals surface area contributed by atoms with Crippen LogP contribution >= 0.6 is 0 Å². The molecule has 0 aliphatic carbocycles. The van der Waals surface area contributed by atoms with Crippen molar-refractivity contribution in [2.75, 3.05) is 17.3 Å². The molecule has 132 valence electrons. The van der Waals surface area contributed by atoms with E-state index in [0.717, 1.165) is 16.5 Å². The molecule has 6 heteroatoms. The standard InChI is InChI=1S/C21H17N5O/c1-26(17-8-11-22-12-9-17)20-18(7-4-10-23-20)21(27)25-19-13-15-5-2-3-6-16(15)14-24-19/h2-14H,1H3,(H,24,25,27). The molecule has 27 heavy (non-hydrogen) atoms. The summed E-state index contributed by atoms with van der Waals surface area (Å²) < 4.78 is 0. The van der Waals surface area contributed by atoms with Crippen LogP contribution in [0.2, 0.25) is 0 Å². The topological polar surface area (TPSA) is 71.0 Å². The normalized spacial score (nSPS) is 10.6. The van der Waals surface area contributed by atoms with E-state index in [1.165, 1.54) is 0 Å². The summed E-state index contributed by atoms with van der Waals surface area (Å²) in [5, 5.41) is 4.91. The lowest BCUT2D eigenvalue weighted by atomic mass is 10.2. The van der Waals surface area contributed by atoms with Gasteiger partial charge in [0, 0.05) is 42.9 Å². The van der Waals surface area contributed by atoms with Crippen LogP contribution in [0.1, 0.15) is 10.4 Å². The molecule has 4 rings (SSSR count). The number of hydrogen-bond donors (Lipinski definition) is 1. The molecule has 4 aromatic rings. The number of benzene rings is 1. The van der Waals surface area contributed by atoms with Gasteiger partial charge in [-0.25, -0.2) is 9.97 Å². The van der Waals surface area contributed by atoms with Crippen molar-refractivity contribution >= 4 is 34.0 Å². The third-order valence-corrected chi connectivity index (χ3v) is 4.27. The van der Waals surface area contributed by atoms with Crippen molar-refractivity contribution in [1.82, 2.24) is 15.0 Å². The predicted molar refractivity (Wildman–Crippen MR) is 106 cm³/mol. The number of rotatable bonds is 4. The molecule has 0 radical (unpaired) electrons. The molecule has 0 saturated heterocycles. The van der Waals surface area contributed by atoms with Crippen LogP contribution in [0.3, 0.4) is 0 Å². The third kappa shape index (κ3) is 3.46. The average molecular weight is 355 g/mol. The Morgan fingerprint density at radius 3 is 2.52 bits per heavy atom. The van der Waals surface area contributed by atoms with Crippen LogP contribution in [0.25, 0.3) is 10.8 Å². The molecule has 1 N–H and O–H groups in total. The van der Waals surface area contributed by atoms with Gasteiger partial charge in [-0.1, -0.05) is 24.3 Å². The van der Waals surface area contributed by atoms with Gasteiger partial charge in [-0.15, -0.1) is 0 Å². The van der Waals surface area contributed by atoms with Crippen LogP contribution in [0.15, 0.2) is 79.4 Å². The van der Waals surface area contributed by atoms with Crippen LogP contribution in [0, 0.1) is 0 Å². The summed E-state index contributed by atoms with van der Waals surface area (Å²) in [5.41, 5.74) is 1.35. The van der Waals surface area contributed by atoms with E-state index in [4.69, 9.17) is 0 Å². The molecule has 0 saturated carbocycles. The Kier molecular flexibility index (Phi) is 4.45. The fourth-order valence-corrected chi connectivity index (χ4v) is 2.87. The van der Waals surface area contributed by atoms with Crippen molar-refractivity contribution in [3.8, 4) is 0 Å². The molecule has 1 amide bonds. The minimum Gasteiger partial charge on any atom is -0.329 e. The Balaban J connectivity index is 1.64. The van der Waals surface area contributed by atoms with Crippen molar-refractivity contribution < 1.29 is 4.79 Å². The second-order valence-electron chi connectivity index (χ2n) is 6.01. The average Bonchev–Trinajstić information content (AvgIpc) is 2.73. The second kappa shape index (κ2) is 7.21. The Labute approximate surface area is 156 Å². The highest BCUT2D eigenvalue weighted by Gasteiger charge is 2.17. The Bertz CT molecular complexity index is 1100. The molecule has 0 atom stereocenters. The first-order valence-corrected chi connectivity index (χ1v) is 8.47. The molecule has 0 spiro atoms. The quantitative estimate of drug-likeness (QED) is 0.598. The van der Waals surface area contributed by atoms with Crippen molar-refractivity contribution in [2.45, 2.75) is 0 Å². The van der Waals surface area contributed by atoms with E-state index in [2.05, 4.69) is 20.3 Å². The van der Waals surface area contributed by atoms with Crippen LogP contribution < -0.4 is 10.2 Å². The van der Waals surface area contributed by atoms with Crippen molar-refractivity contribution in [2.24, 2.45) is 0 Å². The monoisotopic (exact) mass is 355 g/mol. The second-order valence-corrected chi connectivity index (χ2v) is 6.01. The third-order valence-electron chi connectivity index (χ3n) is 4.27. The molecule has 1 aromatic carbocycles. The zero-order valence-electron chi connectivity index (χ0n) is 14.7. The minimum atomic E-state index is -0.262. The van der Waals surface area contributed by atoms with Crippen molar-refractivity contribution in [3.05, 3.63) is 84.9 Å². The largest absolute Gasteiger partial charge is 0.329 e. The van der Waals surface area contributed by atoms with E-state index in [1.807, 2.05) is 54.4 Å². The van der Waals surface area contributed by atoms with E-state index < -0.39 is 0 Å². The van der Waals surface area contributed by atoms with Gasteiger partial charge in [-0.3, -0.25) is 9.78 Å². The lowest BCUT2D eigenvalue weighted by Crippen LogP contribution is -2.20. The Morgan fingerprint density at radius 1 is 0.926 bits per heavy atom. The van der Waals surface area contributed by atoms with Gasteiger partial charge in [0.15, 0.2) is 0 Å². The summed E-state index contributed by atoms with van der Waals surface area (Å²) in [6, 6.07) is 17.0. The van der Waals surface area contributed by atoms with E-state index >= 15 is 0 Å². The van der Waals surface area contributed by atoms with E-state index in [1.54, 1.807) is 36.9 Å². The molecule has 0 fully saturated rings. The number of hydrogen-bond acceptors (Lipinski definition) is 5. The van der Waals surface area contributed by atoms with Crippen LogP contribution in [0.4, 0.5) is 17.3 Å². The van der Waals surface area contributed by atoms with Crippen molar-refractivity contribution in [3.63, 3.8) is 0 Å². The molecule has 0 aliphatic rings. The fraction of sp³-hybridized carbons (Fsp3) is 0.0476. The highest BCUT2D eigenvalue weighted by molar-refractivity contribution is 6.08. The first-order chi connectivity index (χ1) is 13.2. The summed E-state index contributed by atoms with van der Waals surface area (Å²) >= 11 is 0. The first-order valence-electron chi connectivity index (χ1n) is 8.47. The summed E-state index contributed by atoms with van der Waals surface area (Å²) in [5.74, 6) is 0.795. The number of aromatic nitrogens is 3. The molecular weight excluding hydrogens is 338 g/mol. The van der Waals surface area contributed by atoms with E-state index in [0.29, 0.717) is 17.2 Å². The Morgan fingerprint density at radius 2 is 1.70 bits per heavy atom. The number of pyridine rings is 3. The predicted octanol–water partition coefficient (Wildman–Crippen LogP) is 4.05. The molecule has 0 unspecified atom stereocenters. The van der Waals surface area contributed by atoms with E-state index in [9.17, 15) is 4.79 Å². The number of carbonyl (C=O) groups is 1. The summed E-state index contributed by atoms with van der Waals surface area (Å²) in [7, 11) is 1.86. The number of anilines is 3. The molecule has 0 aliphatic heterocycles. The molecule has 0 bridgehead atoms. The number of nitrogens with one attached hydrogen (secondary N) is 1. The number of fused-ring (bicyclic) bond motifs is 1. The van der Waals surface area contributed by atoms with Gasteiger partial charge in [-0.2, -0.15) is 0 Å². The Hall–Kier alpha value is -3.80. The summed E-state index contributed by atoms with van der Waals surface area (Å²) in [4.78, 5) is 27.5. The highest BCUT2D eigenvalue weighted by Crippen LogP contribution is 2.25. The van der Waals surface area contributed by atoms with Gasteiger partial charge < -0.3 is 10.2 Å². The molecule has 3 aromatic heterocycles.